The molecule has 0 spiro atoms. The molecular formula is C45H27N5O. The van der Waals surface area contributed by atoms with Crippen molar-refractivity contribution in [2.24, 2.45) is 0 Å². The van der Waals surface area contributed by atoms with E-state index in [1.807, 2.05) is 42.5 Å². The Morgan fingerprint density at radius 3 is 1.63 bits per heavy atom. The maximum absolute atomic E-state index is 6.74. The maximum atomic E-state index is 6.74. The van der Waals surface area contributed by atoms with Gasteiger partial charge in [0, 0.05) is 49.1 Å². The molecule has 7 aromatic carbocycles. The molecule has 6 heteroatoms. The first-order chi connectivity index (χ1) is 25.3. The molecule has 0 unspecified atom stereocenters. The first-order valence-electron chi connectivity index (χ1n) is 17.0. The van der Waals surface area contributed by atoms with Crippen LogP contribution in [0.1, 0.15) is 0 Å². The van der Waals surface area contributed by atoms with Crippen molar-refractivity contribution in [3.63, 3.8) is 0 Å². The molecule has 0 fully saturated rings. The fourth-order valence-corrected chi connectivity index (χ4v) is 7.71. The van der Waals surface area contributed by atoms with E-state index >= 15 is 0 Å². The molecule has 0 amide bonds. The summed E-state index contributed by atoms with van der Waals surface area (Å²) in [4.78, 5) is 15.3. The van der Waals surface area contributed by atoms with Crippen LogP contribution in [0.15, 0.2) is 168 Å². The second-order valence-electron chi connectivity index (χ2n) is 12.9. The van der Waals surface area contributed by atoms with Gasteiger partial charge >= 0.3 is 0 Å². The highest BCUT2D eigenvalue weighted by Crippen LogP contribution is 2.41. The predicted octanol–water partition coefficient (Wildman–Crippen LogP) is 11.3. The summed E-state index contributed by atoms with van der Waals surface area (Å²) in [7, 11) is 0. The SMILES string of the molecule is c1ccc(-c2nc(-c3ccc4oc5c(ccc6c7ccccc7n(-c7ccccc7)c65)c4c3)nc(-n3c4ccccc4c4ccccc43)n2)cc1. The summed E-state index contributed by atoms with van der Waals surface area (Å²) in [6.07, 6.45) is 0. The molecule has 0 aliphatic rings. The molecule has 0 aliphatic carbocycles. The van der Waals surface area contributed by atoms with E-state index in [0.29, 0.717) is 17.6 Å². The van der Waals surface area contributed by atoms with Crippen molar-refractivity contribution in [1.29, 1.82) is 0 Å². The lowest BCUT2D eigenvalue weighted by atomic mass is 10.1. The number of furan rings is 1. The quantitative estimate of drug-likeness (QED) is 0.190. The number of hydrogen-bond acceptors (Lipinski definition) is 4. The van der Waals surface area contributed by atoms with Crippen LogP contribution in [-0.4, -0.2) is 24.1 Å². The third-order valence-electron chi connectivity index (χ3n) is 9.98. The van der Waals surface area contributed by atoms with E-state index in [1.165, 1.54) is 5.39 Å². The van der Waals surface area contributed by atoms with Gasteiger partial charge in [0.1, 0.15) is 5.58 Å². The highest BCUT2D eigenvalue weighted by molar-refractivity contribution is 6.21. The number of fused-ring (bicyclic) bond motifs is 10. The number of aromatic nitrogens is 5. The van der Waals surface area contributed by atoms with Crippen LogP contribution < -0.4 is 0 Å². The van der Waals surface area contributed by atoms with E-state index in [1.54, 1.807) is 0 Å². The summed E-state index contributed by atoms with van der Waals surface area (Å²) in [5, 5.41) is 6.70. The Labute approximate surface area is 291 Å². The third-order valence-corrected chi connectivity index (χ3v) is 9.98. The molecule has 0 saturated heterocycles. The normalized spacial score (nSPS) is 11.9. The Morgan fingerprint density at radius 2 is 0.941 bits per heavy atom. The van der Waals surface area contributed by atoms with E-state index in [9.17, 15) is 0 Å². The van der Waals surface area contributed by atoms with Crippen LogP contribution in [0.5, 0.6) is 0 Å². The Hall–Kier alpha value is -7.05. The molecule has 0 bridgehead atoms. The van der Waals surface area contributed by atoms with Crippen molar-refractivity contribution in [3.8, 4) is 34.4 Å². The second-order valence-corrected chi connectivity index (χ2v) is 12.9. The van der Waals surface area contributed by atoms with E-state index in [4.69, 9.17) is 19.4 Å². The average molecular weight is 654 g/mol. The van der Waals surface area contributed by atoms with Crippen molar-refractivity contribution in [1.82, 2.24) is 24.1 Å². The van der Waals surface area contributed by atoms with E-state index < -0.39 is 0 Å². The molecule has 0 atom stereocenters. The van der Waals surface area contributed by atoms with Gasteiger partial charge in [0.2, 0.25) is 5.95 Å². The van der Waals surface area contributed by atoms with Crippen LogP contribution >= 0.6 is 0 Å². The highest BCUT2D eigenvalue weighted by atomic mass is 16.3. The van der Waals surface area contributed by atoms with Gasteiger partial charge in [-0.05, 0) is 54.6 Å². The van der Waals surface area contributed by atoms with Gasteiger partial charge in [-0.2, -0.15) is 9.97 Å². The van der Waals surface area contributed by atoms with Gasteiger partial charge in [-0.25, -0.2) is 4.98 Å². The molecule has 51 heavy (non-hydrogen) atoms. The zero-order valence-electron chi connectivity index (χ0n) is 27.2. The lowest BCUT2D eigenvalue weighted by molar-refractivity contribution is 0.671. The molecule has 11 rings (SSSR count). The Bertz CT molecular complexity index is 3080. The summed E-state index contributed by atoms with van der Waals surface area (Å²) in [5.41, 5.74) is 8.85. The molecular weight excluding hydrogens is 627 g/mol. The first kappa shape index (κ1) is 27.9. The Balaban J connectivity index is 1.17. The highest BCUT2D eigenvalue weighted by Gasteiger charge is 2.21. The van der Waals surface area contributed by atoms with Crippen LogP contribution in [0.25, 0.3) is 100.0 Å². The molecule has 238 valence electrons. The van der Waals surface area contributed by atoms with Crippen LogP contribution in [0.3, 0.4) is 0 Å². The molecule has 0 N–H and O–H groups in total. The van der Waals surface area contributed by atoms with Crippen molar-refractivity contribution < 1.29 is 4.42 Å². The standard InChI is InChI=1S/C45H27N5O/c1-3-13-28(14-4-1)43-46-44(48-45(47-43)50-38-21-11-7-17-31(38)32-18-8-12-22-39(32)50)29-23-26-40-36(27-29)35-25-24-34-33-19-9-10-20-37(33)49(41(34)42(35)51-40)30-15-5-2-6-16-30/h1-27H. The van der Waals surface area contributed by atoms with E-state index in [-0.39, 0.29) is 0 Å². The average Bonchev–Trinajstić information content (AvgIpc) is 3.86. The van der Waals surface area contributed by atoms with Crippen molar-refractivity contribution >= 4 is 65.6 Å². The predicted molar refractivity (Wildman–Crippen MR) is 207 cm³/mol. The van der Waals surface area contributed by atoms with E-state index in [0.717, 1.165) is 77.0 Å². The minimum absolute atomic E-state index is 0.572. The monoisotopic (exact) mass is 653 g/mol. The number of para-hydroxylation sites is 4. The molecule has 4 aromatic heterocycles. The van der Waals surface area contributed by atoms with Gasteiger partial charge in [-0.15, -0.1) is 0 Å². The zero-order chi connectivity index (χ0) is 33.5. The summed E-state index contributed by atoms with van der Waals surface area (Å²) < 4.78 is 11.2. The van der Waals surface area contributed by atoms with Gasteiger partial charge in [0.25, 0.3) is 0 Å². The van der Waals surface area contributed by atoms with Crippen LogP contribution in [-0.2, 0) is 0 Å². The molecule has 0 aliphatic heterocycles. The summed E-state index contributed by atoms with van der Waals surface area (Å²) in [5.74, 6) is 1.78. The van der Waals surface area contributed by atoms with Gasteiger partial charge in [0.15, 0.2) is 17.2 Å². The zero-order valence-corrected chi connectivity index (χ0v) is 27.2. The summed E-state index contributed by atoms with van der Waals surface area (Å²) >= 11 is 0. The fraction of sp³-hybridized carbons (Fsp3) is 0. The van der Waals surface area contributed by atoms with Gasteiger partial charge in [0.05, 0.1) is 22.1 Å². The maximum Gasteiger partial charge on any atom is 0.238 e. The molecule has 4 heterocycles. The van der Waals surface area contributed by atoms with Crippen molar-refractivity contribution in [2.45, 2.75) is 0 Å². The number of rotatable bonds is 4. The van der Waals surface area contributed by atoms with Gasteiger partial charge in [-0.3, -0.25) is 4.57 Å². The Morgan fingerprint density at radius 1 is 0.392 bits per heavy atom. The van der Waals surface area contributed by atoms with Gasteiger partial charge in [-0.1, -0.05) is 109 Å². The minimum Gasteiger partial charge on any atom is -0.454 e. The smallest absolute Gasteiger partial charge is 0.238 e. The lowest BCUT2D eigenvalue weighted by Gasteiger charge is -2.11. The Kier molecular flexibility index (Phi) is 5.86. The summed E-state index contributed by atoms with van der Waals surface area (Å²) in [6, 6.07) is 56.6. The second kappa shape index (κ2) is 10.7. The number of benzene rings is 7. The molecule has 11 aromatic rings. The van der Waals surface area contributed by atoms with Crippen LogP contribution in [0.4, 0.5) is 0 Å². The fourth-order valence-electron chi connectivity index (χ4n) is 7.71. The molecule has 0 saturated carbocycles. The molecule has 6 nitrogen and oxygen atoms in total. The molecule has 0 radical (unpaired) electrons. The van der Waals surface area contributed by atoms with E-state index in [2.05, 4.69) is 130 Å². The third kappa shape index (κ3) is 4.14. The van der Waals surface area contributed by atoms with Gasteiger partial charge < -0.3 is 8.98 Å². The summed E-state index contributed by atoms with van der Waals surface area (Å²) in [6.45, 7) is 0. The number of nitrogens with zero attached hydrogens (tertiary/aromatic N) is 5. The number of hydrogen-bond donors (Lipinski definition) is 0. The lowest BCUT2D eigenvalue weighted by Crippen LogP contribution is -2.06. The van der Waals surface area contributed by atoms with Crippen LogP contribution in [0.2, 0.25) is 0 Å². The van der Waals surface area contributed by atoms with Crippen molar-refractivity contribution in [2.75, 3.05) is 0 Å². The first-order valence-corrected chi connectivity index (χ1v) is 17.0. The largest absolute Gasteiger partial charge is 0.454 e. The minimum atomic E-state index is 0.572. The van der Waals surface area contributed by atoms with Crippen molar-refractivity contribution in [3.05, 3.63) is 164 Å². The van der Waals surface area contributed by atoms with Crippen LogP contribution in [0, 0.1) is 0 Å². The topological polar surface area (TPSA) is 61.7 Å².